The highest BCUT2D eigenvalue weighted by molar-refractivity contribution is 6.46. The minimum atomic E-state index is -0.678. The number of rotatable bonds is 7. The van der Waals surface area contributed by atoms with E-state index in [4.69, 9.17) is 4.74 Å². The number of aromatic nitrogens is 1. The highest BCUT2D eigenvalue weighted by Gasteiger charge is 2.45. The Bertz CT molecular complexity index is 1450. The average molecular weight is 481 g/mol. The Hall–Kier alpha value is -4.32. The number of hydrogen-bond acceptors (Lipinski definition) is 4. The van der Waals surface area contributed by atoms with Gasteiger partial charge in [-0.25, -0.2) is 0 Å². The normalized spacial score (nSPS) is 17.2. The first-order chi connectivity index (χ1) is 17.5. The quantitative estimate of drug-likeness (QED) is 0.211. The molecule has 1 aliphatic heterocycles. The van der Waals surface area contributed by atoms with Crippen LogP contribution in [0.3, 0.4) is 0 Å². The number of amides is 1. The number of ketones is 1. The molecule has 1 aliphatic rings. The lowest BCUT2D eigenvalue weighted by Crippen LogP contribution is -2.31. The largest absolute Gasteiger partial charge is 0.507 e. The van der Waals surface area contributed by atoms with Crippen LogP contribution in [0.2, 0.25) is 0 Å². The van der Waals surface area contributed by atoms with Gasteiger partial charge in [-0.2, -0.15) is 0 Å². The minimum absolute atomic E-state index is 0.105. The number of nitrogens with one attached hydrogen (secondary N) is 1. The number of hydrogen-bond donors (Lipinski definition) is 2. The number of H-pyrrole nitrogens is 1. The number of para-hydroxylation sites is 1. The minimum Gasteiger partial charge on any atom is -0.507 e. The molecule has 2 N–H and O–H groups in total. The second-order valence-electron chi connectivity index (χ2n) is 8.93. The van der Waals surface area contributed by atoms with Crippen LogP contribution in [-0.4, -0.2) is 40.3 Å². The van der Waals surface area contributed by atoms with E-state index in [1.165, 1.54) is 0 Å². The van der Waals surface area contributed by atoms with E-state index >= 15 is 0 Å². The molecule has 0 radical (unpaired) electrons. The Balaban J connectivity index is 1.55. The van der Waals surface area contributed by atoms with Gasteiger partial charge in [0.2, 0.25) is 0 Å². The van der Waals surface area contributed by atoms with Crippen LogP contribution in [0.5, 0.6) is 5.75 Å². The second-order valence-corrected chi connectivity index (χ2v) is 8.93. The number of carbonyl (C=O) groups excluding carboxylic acids is 2. The van der Waals surface area contributed by atoms with E-state index in [2.05, 4.69) is 11.9 Å². The zero-order valence-electron chi connectivity index (χ0n) is 20.3. The standard InChI is InChI=1S/C30H28N2O4/c1-3-19-8-10-20(11-9-19)27-26(28(33)21-12-14-23(36-2)15-13-21)29(34)30(35)32(27)17-16-22-18-31-25-7-5-4-6-24(22)25/h4-15,18,27,31,33H,3,16-17H2,1-2H3/t27-/m0/s1. The van der Waals surface area contributed by atoms with Gasteiger partial charge in [0.15, 0.2) is 0 Å². The predicted octanol–water partition coefficient (Wildman–Crippen LogP) is 5.40. The number of aliphatic hydroxyl groups is 1. The number of aliphatic hydroxyl groups excluding tert-OH is 1. The number of carbonyl (C=O) groups is 2. The number of nitrogens with zero attached hydrogens (tertiary/aromatic N) is 1. The van der Waals surface area contributed by atoms with Crippen LogP contribution in [-0.2, 0) is 22.4 Å². The van der Waals surface area contributed by atoms with Crippen molar-refractivity contribution in [2.75, 3.05) is 13.7 Å². The van der Waals surface area contributed by atoms with Crippen LogP contribution in [0.25, 0.3) is 16.7 Å². The topological polar surface area (TPSA) is 82.6 Å². The van der Waals surface area contributed by atoms with Gasteiger partial charge < -0.3 is 19.7 Å². The van der Waals surface area contributed by atoms with E-state index in [1.807, 2.05) is 54.7 Å². The van der Waals surface area contributed by atoms with E-state index in [0.29, 0.717) is 24.3 Å². The number of likely N-dealkylation sites (tertiary alicyclic amines) is 1. The summed E-state index contributed by atoms with van der Waals surface area (Å²) in [5.74, 6) is -0.825. The number of aromatic amines is 1. The number of fused-ring (bicyclic) bond motifs is 1. The van der Waals surface area contributed by atoms with E-state index in [0.717, 1.165) is 34.0 Å². The summed E-state index contributed by atoms with van der Waals surface area (Å²) in [5, 5.41) is 12.3. The summed E-state index contributed by atoms with van der Waals surface area (Å²) in [6.45, 7) is 2.41. The molecule has 4 aromatic rings. The molecule has 1 atom stereocenters. The summed E-state index contributed by atoms with van der Waals surface area (Å²) in [6, 6.07) is 22.0. The number of benzene rings is 3. The van der Waals surface area contributed by atoms with Crippen molar-refractivity contribution in [2.24, 2.45) is 0 Å². The van der Waals surface area contributed by atoms with Gasteiger partial charge >= 0.3 is 0 Å². The van der Waals surface area contributed by atoms with E-state index in [-0.39, 0.29) is 11.3 Å². The number of methoxy groups -OCH3 is 1. The molecule has 1 amide bonds. The van der Waals surface area contributed by atoms with Crippen molar-refractivity contribution >= 4 is 28.4 Å². The first-order valence-corrected chi connectivity index (χ1v) is 12.1. The molecule has 6 heteroatoms. The van der Waals surface area contributed by atoms with Gasteiger partial charge in [-0.1, -0.05) is 49.4 Å². The molecule has 1 fully saturated rings. The summed E-state index contributed by atoms with van der Waals surface area (Å²) in [5.41, 5.74) is 4.61. The molecule has 0 unspecified atom stereocenters. The van der Waals surface area contributed by atoms with Crippen LogP contribution in [0.1, 0.15) is 35.2 Å². The molecule has 2 heterocycles. The Morgan fingerprint density at radius 3 is 2.42 bits per heavy atom. The van der Waals surface area contributed by atoms with Crippen LogP contribution in [0.4, 0.5) is 0 Å². The third kappa shape index (κ3) is 4.15. The molecule has 6 nitrogen and oxygen atoms in total. The molecular weight excluding hydrogens is 452 g/mol. The molecule has 0 bridgehead atoms. The Labute approximate surface area is 209 Å². The lowest BCUT2D eigenvalue weighted by molar-refractivity contribution is -0.139. The van der Waals surface area contributed by atoms with Gasteiger partial charge in [-0.05, 0) is 59.9 Å². The lowest BCUT2D eigenvalue weighted by Gasteiger charge is -2.25. The zero-order chi connectivity index (χ0) is 25.2. The first-order valence-electron chi connectivity index (χ1n) is 12.1. The molecule has 0 saturated carbocycles. The summed E-state index contributed by atoms with van der Waals surface area (Å²) in [6.07, 6.45) is 3.40. The highest BCUT2D eigenvalue weighted by atomic mass is 16.5. The molecule has 1 saturated heterocycles. The van der Waals surface area contributed by atoms with Crippen molar-refractivity contribution in [2.45, 2.75) is 25.8 Å². The molecule has 182 valence electrons. The molecule has 0 spiro atoms. The SMILES string of the molecule is CCc1ccc([C@H]2C(=C(O)c3ccc(OC)cc3)C(=O)C(=O)N2CCc2c[nH]c3ccccc23)cc1. The number of ether oxygens (including phenoxy) is 1. The van der Waals surface area contributed by atoms with Gasteiger partial charge in [0.1, 0.15) is 11.5 Å². The maximum atomic E-state index is 13.3. The van der Waals surface area contributed by atoms with E-state index in [1.54, 1.807) is 36.3 Å². The Kier molecular flexibility index (Phi) is 6.34. The van der Waals surface area contributed by atoms with Gasteiger partial charge in [-0.3, -0.25) is 9.59 Å². The van der Waals surface area contributed by atoms with Crippen molar-refractivity contribution in [3.8, 4) is 5.75 Å². The lowest BCUT2D eigenvalue weighted by atomic mass is 9.94. The Morgan fingerprint density at radius 1 is 1.00 bits per heavy atom. The monoisotopic (exact) mass is 480 g/mol. The molecule has 36 heavy (non-hydrogen) atoms. The predicted molar refractivity (Wildman–Crippen MR) is 140 cm³/mol. The maximum absolute atomic E-state index is 13.3. The van der Waals surface area contributed by atoms with Crippen LogP contribution in [0.15, 0.2) is 84.6 Å². The van der Waals surface area contributed by atoms with Gasteiger partial charge in [-0.15, -0.1) is 0 Å². The van der Waals surface area contributed by atoms with Crippen molar-refractivity contribution in [1.29, 1.82) is 0 Å². The summed E-state index contributed by atoms with van der Waals surface area (Å²) < 4.78 is 5.21. The van der Waals surface area contributed by atoms with Crippen molar-refractivity contribution in [3.63, 3.8) is 0 Å². The van der Waals surface area contributed by atoms with Crippen molar-refractivity contribution in [3.05, 3.63) is 107 Å². The molecule has 1 aromatic heterocycles. The fraction of sp³-hybridized carbons (Fsp3) is 0.200. The van der Waals surface area contributed by atoms with Gasteiger partial charge in [0, 0.05) is 29.2 Å². The van der Waals surface area contributed by atoms with Crippen molar-refractivity contribution in [1.82, 2.24) is 9.88 Å². The van der Waals surface area contributed by atoms with E-state index in [9.17, 15) is 14.7 Å². The fourth-order valence-corrected chi connectivity index (χ4v) is 4.88. The summed E-state index contributed by atoms with van der Waals surface area (Å²) >= 11 is 0. The van der Waals surface area contributed by atoms with Crippen LogP contribution < -0.4 is 4.74 Å². The third-order valence-corrected chi connectivity index (χ3v) is 6.90. The van der Waals surface area contributed by atoms with Crippen molar-refractivity contribution < 1.29 is 19.4 Å². The van der Waals surface area contributed by atoms with Gasteiger partial charge in [0.25, 0.3) is 11.7 Å². The fourth-order valence-electron chi connectivity index (χ4n) is 4.88. The van der Waals surface area contributed by atoms with E-state index < -0.39 is 17.7 Å². The third-order valence-electron chi connectivity index (χ3n) is 6.90. The summed E-state index contributed by atoms with van der Waals surface area (Å²) in [7, 11) is 1.56. The smallest absolute Gasteiger partial charge is 0.295 e. The first kappa shape index (κ1) is 23.4. The number of Topliss-reactive ketones (excluding diaryl/α,β-unsaturated/α-hetero) is 1. The molecule has 3 aromatic carbocycles. The zero-order valence-corrected chi connectivity index (χ0v) is 20.3. The summed E-state index contributed by atoms with van der Waals surface area (Å²) in [4.78, 5) is 31.4. The van der Waals surface area contributed by atoms with Crippen LogP contribution >= 0.6 is 0 Å². The number of aryl methyl sites for hydroxylation is 1. The second kappa shape index (κ2) is 9.74. The van der Waals surface area contributed by atoms with Gasteiger partial charge in [0.05, 0.1) is 18.7 Å². The highest BCUT2D eigenvalue weighted by Crippen LogP contribution is 2.40. The molecule has 0 aliphatic carbocycles. The van der Waals surface area contributed by atoms with Crippen LogP contribution in [0, 0.1) is 0 Å². The average Bonchev–Trinajstić information content (AvgIpc) is 3.45. The molecular formula is C30H28N2O4. The maximum Gasteiger partial charge on any atom is 0.295 e. The molecule has 5 rings (SSSR count). The Morgan fingerprint density at radius 2 is 1.72 bits per heavy atom.